The molecule has 1 aromatic carbocycles. The van der Waals surface area contributed by atoms with Crippen molar-refractivity contribution in [2.75, 3.05) is 18.4 Å². The summed E-state index contributed by atoms with van der Waals surface area (Å²) in [5, 5.41) is 2.85. The number of hydrogen-bond donors (Lipinski definition) is 1. The largest absolute Gasteiger partial charge is 0.325 e. The highest BCUT2D eigenvalue weighted by atomic mass is 32.2. The molecule has 0 bridgehead atoms. The van der Waals surface area contributed by atoms with Crippen molar-refractivity contribution in [3.63, 3.8) is 0 Å². The van der Waals surface area contributed by atoms with Crippen LogP contribution in [0.3, 0.4) is 0 Å². The van der Waals surface area contributed by atoms with E-state index in [4.69, 9.17) is 0 Å². The maximum Gasteiger partial charge on any atom is 0.263 e. The second kappa shape index (κ2) is 9.59. The molecule has 10 heteroatoms. The van der Waals surface area contributed by atoms with Crippen LogP contribution in [-0.2, 0) is 21.4 Å². The first kappa shape index (κ1) is 24.6. The summed E-state index contributed by atoms with van der Waals surface area (Å²) in [6.45, 7) is 8.61. The molecule has 4 rings (SSSR count). The quantitative estimate of drug-likeness (QED) is 0.550. The molecule has 1 amide bonds. The minimum Gasteiger partial charge on any atom is -0.325 e. The third-order valence-electron chi connectivity index (χ3n) is 6.32. The van der Waals surface area contributed by atoms with E-state index in [1.165, 1.54) is 26.5 Å². The van der Waals surface area contributed by atoms with Gasteiger partial charge in [-0.1, -0.05) is 32.9 Å². The molecular weight excluding hydrogens is 472 g/mol. The molecule has 8 nitrogen and oxygen atoms in total. The Morgan fingerprint density at radius 3 is 2.47 bits per heavy atom. The fourth-order valence-electron chi connectivity index (χ4n) is 4.20. The van der Waals surface area contributed by atoms with Crippen molar-refractivity contribution in [1.29, 1.82) is 0 Å². The molecule has 1 aliphatic rings. The molecule has 3 aromatic rings. The zero-order chi connectivity index (χ0) is 24.6. The second-order valence-corrected chi connectivity index (χ2v) is 12.3. The molecule has 182 valence electrons. The summed E-state index contributed by atoms with van der Waals surface area (Å²) in [5.41, 5.74) is 1.27. The van der Waals surface area contributed by atoms with Gasteiger partial charge in [0.05, 0.1) is 11.7 Å². The van der Waals surface area contributed by atoms with Crippen molar-refractivity contribution in [2.45, 2.75) is 57.9 Å². The molecule has 1 fully saturated rings. The van der Waals surface area contributed by atoms with Crippen molar-refractivity contribution < 1.29 is 13.2 Å². The lowest BCUT2D eigenvalue weighted by atomic mass is 10.0. The van der Waals surface area contributed by atoms with Crippen molar-refractivity contribution in [3.8, 4) is 0 Å². The third kappa shape index (κ3) is 4.80. The fraction of sp³-hybridized carbons (Fsp3) is 0.458. The summed E-state index contributed by atoms with van der Waals surface area (Å²) in [6.07, 6.45) is 2.89. The van der Waals surface area contributed by atoms with E-state index >= 15 is 0 Å². The number of rotatable bonds is 6. The molecule has 0 radical (unpaired) electrons. The van der Waals surface area contributed by atoms with Gasteiger partial charge in [-0.3, -0.25) is 14.2 Å². The number of fused-ring (bicyclic) bond motifs is 1. The number of carbonyl (C=O) groups excluding carboxylic acids is 1. The number of amides is 1. The summed E-state index contributed by atoms with van der Waals surface area (Å²) in [5.74, 6) is 0.474. The molecule has 1 saturated heterocycles. The zero-order valence-electron chi connectivity index (χ0n) is 19.9. The minimum absolute atomic E-state index is 0.0265. The van der Waals surface area contributed by atoms with E-state index in [1.54, 1.807) is 6.92 Å². The number of thiophene rings is 1. The van der Waals surface area contributed by atoms with Crippen LogP contribution < -0.4 is 10.9 Å². The van der Waals surface area contributed by atoms with Gasteiger partial charge in [0.1, 0.15) is 16.3 Å². The van der Waals surface area contributed by atoms with E-state index in [-0.39, 0.29) is 22.7 Å². The number of carbonyl (C=O) groups is 1. The minimum atomic E-state index is -3.84. The van der Waals surface area contributed by atoms with Crippen LogP contribution >= 0.6 is 11.3 Å². The van der Waals surface area contributed by atoms with E-state index < -0.39 is 15.6 Å². The van der Waals surface area contributed by atoms with Gasteiger partial charge in [0.15, 0.2) is 0 Å². The van der Waals surface area contributed by atoms with Crippen LogP contribution in [0.25, 0.3) is 10.2 Å². The Balaban J connectivity index is 1.62. The van der Waals surface area contributed by atoms with Crippen molar-refractivity contribution in [3.05, 3.63) is 51.4 Å². The third-order valence-corrected chi connectivity index (χ3v) is 9.53. The van der Waals surface area contributed by atoms with Crippen molar-refractivity contribution in [1.82, 2.24) is 13.9 Å². The Morgan fingerprint density at radius 1 is 1.21 bits per heavy atom. The molecule has 0 saturated carbocycles. The van der Waals surface area contributed by atoms with Crippen LogP contribution in [0, 0.1) is 12.8 Å². The lowest BCUT2D eigenvalue weighted by Crippen LogP contribution is -2.38. The molecular formula is C24H30N4O4S2. The van der Waals surface area contributed by atoms with Gasteiger partial charge in [0.25, 0.3) is 5.56 Å². The second-order valence-electron chi connectivity index (χ2n) is 9.26. The predicted octanol–water partition coefficient (Wildman–Crippen LogP) is 3.95. The van der Waals surface area contributed by atoms with Gasteiger partial charge >= 0.3 is 0 Å². The van der Waals surface area contributed by atoms with Gasteiger partial charge < -0.3 is 5.32 Å². The van der Waals surface area contributed by atoms with Gasteiger partial charge in [-0.05, 0) is 49.3 Å². The zero-order valence-corrected chi connectivity index (χ0v) is 21.5. The van der Waals surface area contributed by atoms with E-state index in [0.29, 0.717) is 40.3 Å². The van der Waals surface area contributed by atoms with Crippen LogP contribution in [-0.4, -0.2) is 41.3 Å². The SMILES string of the molecule is Cc1sc2ncn(CC(=O)Nc3ccc(C(C)C)cc3)c(=O)c2c1S(=O)(=O)N1CCC(C)CC1. The van der Waals surface area contributed by atoms with E-state index in [1.807, 2.05) is 24.3 Å². The number of hydrogen-bond acceptors (Lipinski definition) is 6. The molecule has 1 N–H and O–H groups in total. The number of anilines is 1. The number of benzene rings is 1. The number of aryl methyl sites for hydroxylation is 1. The Hall–Kier alpha value is -2.56. The summed E-state index contributed by atoms with van der Waals surface area (Å²) in [6, 6.07) is 7.55. The molecule has 34 heavy (non-hydrogen) atoms. The number of sulfonamides is 1. The van der Waals surface area contributed by atoms with Crippen LogP contribution in [0.4, 0.5) is 5.69 Å². The smallest absolute Gasteiger partial charge is 0.263 e. The Morgan fingerprint density at radius 2 is 1.85 bits per heavy atom. The monoisotopic (exact) mass is 502 g/mol. The first-order valence-corrected chi connectivity index (χ1v) is 13.7. The molecule has 0 aliphatic carbocycles. The fourth-order valence-corrected chi connectivity index (χ4v) is 7.33. The standard InChI is InChI=1S/C24H30N4O4S2/c1-15(2)18-5-7-19(8-6-18)26-20(29)13-27-14-25-23-21(24(27)30)22(17(4)33-23)34(31,32)28-11-9-16(3)10-12-28/h5-8,14-16H,9-13H2,1-4H3,(H,26,29). The van der Waals surface area contributed by atoms with Crippen LogP contribution in [0.1, 0.15) is 50.0 Å². The molecule has 3 heterocycles. The summed E-state index contributed by atoms with van der Waals surface area (Å²) < 4.78 is 29.6. The van der Waals surface area contributed by atoms with Crippen molar-refractivity contribution in [2.24, 2.45) is 5.92 Å². The maximum atomic E-state index is 13.5. The van der Waals surface area contributed by atoms with Crippen LogP contribution in [0.2, 0.25) is 0 Å². The Bertz CT molecular complexity index is 1370. The van der Waals surface area contributed by atoms with E-state index in [9.17, 15) is 18.0 Å². The number of aromatic nitrogens is 2. The van der Waals surface area contributed by atoms with Crippen LogP contribution in [0.5, 0.6) is 0 Å². The normalized spacial score (nSPS) is 15.8. The summed E-state index contributed by atoms with van der Waals surface area (Å²) in [7, 11) is -3.84. The molecule has 1 aliphatic heterocycles. The van der Waals surface area contributed by atoms with Gasteiger partial charge in [0, 0.05) is 23.7 Å². The molecule has 0 unspecified atom stereocenters. The molecule has 2 aromatic heterocycles. The highest BCUT2D eigenvalue weighted by Gasteiger charge is 2.33. The molecule has 0 atom stereocenters. The lowest BCUT2D eigenvalue weighted by molar-refractivity contribution is -0.116. The van der Waals surface area contributed by atoms with Gasteiger partial charge in [0.2, 0.25) is 15.9 Å². The average Bonchev–Trinajstić information content (AvgIpc) is 3.14. The first-order valence-electron chi connectivity index (χ1n) is 11.5. The highest BCUT2D eigenvalue weighted by Crippen LogP contribution is 2.34. The average molecular weight is 503 g/mol. The van der Waals surface area contributed by atoms with Crippen molar-refractivity contribution >= 4 is 43.2 Å². The van der Waals surface area contributed by atoms with Crippen LogP contribution in [0.15, 0.2) is 40.3 Å². The Labute approximate surface area is 203 Å². The number of nitrogens with zero attached hydrogens (tertiary/aromatic N) is 3. The van der Waals surface area contributed by atoms with Gasteiger partial charge in [-0.15, -0.1) is 11.3 Å². The number of piperidine rings is 1. The maximum absolute atomic E-state index is 13.5. The predicted molar refractivity (Wildman–Crippen MR) is 135 cm³/mol. The van der Waals surface area contributed by atoms with Gasteiger partial charge in [-0.2, -0.15) is 4.31 Å². The summed E-state index contributed by atoms with van der Waals surface area (Å²) >= 11 is 1.19. The summed E-state index contributed by atoms with van der Waals surface area (Å²) in [4.78, 5) is 31.2. The molecule has 0 spiro atoms. The van der Waals surface area contributed by atoms with E-state index in [0.717, 1.165) is 18.4 Å². The van der Waals surface area contributed by atoms with E-state index in [2.05, 4.69) is 31.1 Å². The highest BCUT2D eigenvalue weighted by molar-refractivity contribution is 7.89. The lowest BCUT2D eigenvalue weighted by Gasteiger charge is -2.29. The van der Waals surface area contributed by atoms with Gasteiger partial charge in [-0.25, -0.2) is 13.4 Å². The topological polar surface area (TPSA) is 101 Å². The first-order chi connectivity index (χ1) is 16.1. The number of nitrogens with one attached hydrogen (secondary N) is 1. The Kier molecular flexibility index (Phi) is 6.93.